The molecule has 0 unspecified atom stereocenters. The number of para-hydroxylation sites is 2. The van der Waals surface area contributed by atoms with E-state index in [9.17, 15) is 0 Å². The number of rotatable bonds is 2. The highest BCUT2D eigenvalue weighted by molar-refractivity contribution is 6.12. The third kappa shape index (κ3) is 2.95. The predicted molar refractivity (Wildman–Crippen MR) is 141 cm³/mol. The Morgan fingerprint density at radius 3 is 1.79 bits per heavy atom. The second-order valence-electron chi connectivity index (χ2n) is 8.50. The van der Waals surface area contributed by atoms with Crippen molar-refractivity contribution in [3.8, 4) is 22.8 Å². The number of pyridine rings is 1. The van der Waals surface area contributed by atoms with Crippen molar-refractivity contribution in [2.45, 2.75) is 0 Å². The molecule has 2 aromatic heterocycles. The number of benzene rings is 5. The minimum absolute atomic E-state index is 0.707. The molecule has 3 nitrogen and oxygen atoms in total. The average molecular weight is 434 g/mol. The summed E-state index contributed by atoms with van der Waals surface area (Å²) in [7, 11) is 0. The quantitative estimate of drug-likeness (QED) is 0.261. The molecule has 2 heterocycles. The van der Waals surface area contributed by atoms with Gasteiger partial charge in [-0.1, -0.05) is 97.1 Å². The first-order valence-electron chi connectivity index (χ1n) is 11.4. The lowest BCUT2D eigenvalue weighted by molar-refractivity contribution is 1.22. The van der Waals surface area contributed by atoms with Crippen molar-refractivity contribution in [1.82, 2.24) is 15.0 Å². The Balaban J connectivity index is 1.57. The summed E-state index contributed by atoms with van der Waals surface area (Å²) in [6, 6.07) is 39.7. The van der Waals surface area contributed by atoms with Crippen LogP contribution in [-0.4, -0.2) is 15.0 Å². The molecule has 7 rings (SSSR count). The van der Waals surface area contributed by atoms with E-state index in [4.69, 9.17) is 15.0 Å². The van der Waals surface area contributed by atoms with E-state index >= 15 is 0 Å². The molecule has 0 saturated carbocycles. The largest absolute Gasteiger partial charge is 0.245 e. The molecular formula is C31H19N3. The SMILES string of the molecule is c1ccc2cc(-c3nc(-c4nc5ccccc5c5ccccc45)c4ccccc4n3)ccc2c1. The van der Waals surface area contributed by atoms with E-state index in [-0.39, 0.29) is 0 Å². The van der Waals surface area contributed by atoms with Crippen molar-refractivity contribution < 1.29 is 0 Å². The molecule has 0 aliphatic carbocycles. The Bertz CT molecular complexity index is 1870. The Labute approximate surface area is 196 Å². The smallest absolute Gasteiger partial charge is 0.160 e. The molecule has 0 fully saturated rings. The van der Waals surface area contributed by atoms with Crippen molar-refractivity contribution in [2.24, 2.45) is 0 Å². The minimum Gasteiger partial charge on any atom is -0.245 e. The Morgan fingerprint density at radius 2 is 0.971 bits per heavy atom. The summed E-state index contributed by atoms with van der Waals surface area (Å²) in [6.07, 6.45) is 0. The second kappa shape index (κ2) is 7.46. The van der Waals surface area contributed by atoms with E-state index in [2.05, 4.69) is 91.0 Å². The van der Waals surface area contributed by atoms with Gasteiger partial charge in [0, 0.05) is 21.7 Å². The second-order valence-corrected chi connectivity index (χ2v) is 8.50. The van der Waals surface area contributed by atoms with Crippen LogP contribution in [-0.2, 0) is 0 Å². The molecule has 0 atom stereocenters. The molecule has 0 radical (unpaired) electrons. The van der Waals surface area contributed by atoms with Gasteiger partial charge in [-0.3, -0.25) is 0 Å². The Kier molecular flexibility index (Phi) is 4.15. The lowest BCUT2D eigenvalue weighted by Crippen LogP contribution is -1.98. The molecule has 0 spiro atoms. The third-order valence-corrected chi connectivity index (χ3v) is 6.44. The maximum Gasteiger partial charge on any atom is 0.160 e. The van der Waals surface area contributed by atoms with E-state index in [0.29, 0.717) is 5.82 Å². The van der Waals surface area contributed by atoms with E-state index < -0.39 is 0 Å². The maximum atomic E-state index is 5.13. The van der Waals surface area contributed by atoms with Crippen molar-refractivity contribution >= 4 is 43.4 Å². The zero-order valence-electron chi connectivity index (χ0n) is 18.3. The lowest BCUT2D eigenvalue weighted by Gasteiger charge is -2.13. The fourth-order valence-electron chi connectivity index (χ4n) is 4.80. The van der Waals surface area contributed by atoms with Gasteiger partial charge >= 0.3 is 0 Å². The highest BCUT2D eigenvalue weighted by Crippen LogP contribution is 2.35. The van der Waals surface area contributed by atoms with Gasteiger partial charge in [0.25, 0.3) is 0 Å². The summed E-state index contributed by atoms with van der Waals surface area (Å²) in [5.41, 5.74) is 4.61. The molecule has 0 N–H and O–H groups in total. The van der Waals surface area contributed by atoms with Crippen molar-refractivity contribution in [1.29, 1.82) is 0 Å². The molecule has 0 aliphatic heterocycles. The number of fused-ring (bicyclic) bond motifs is 5. The summed E-state index contributed by atoms with van der Waals surface area (Å²) >= 11 is 0. The van der Waals surface area contributed by atoms with Crippen LogP contribution in [0.4, 0.5) is 0 Å². The topological polar surface area (TPSA) is 38.7 Å². The van der Waals surface area contributed by atoms with Crippen LogP contribution in [0.3, 0.4) is 0 Å². The molecule has 34 heavy (non-hydrogen) atoms. The highest BCUT2D eigenvalue weighted by Gasteiger charge is 2.16. The lowest BCUT2D eigenvalue weighted by atomic mass is 10.0. The molecule has 5 aromatic carbocycles. The van der Waals surface area contributed by atoms with Gasteiger partial charge in [0.15, 0.2) is 5.82 Å². The normalized spacial score (nSPS) is 11.5. The molecule has 0 bridgehead atoms. The van der Waals surface area contributed by atoms with Crippen LogP contribution in [0.25, 0.3) is 66.1 Å². The van der Waals surface area contributed by atoms with Crippen LogP contribution >= 0.6 is 0 Å². The zero-order valence-corrected chi connectivity index (χ0v) is 18.3. The standard InChI is InChI=1S/C31H19N3/c1-2-10-21-19-22(18-17-20(21)9-1)31-33-28-16-8-6-14-26(28)30(34-31)29-25-13-4-3-11-23(25)24-12-5-7-15-27(24)32-29/h1-19H. The molecule has 0 amide bonds. The Hall–Kier alpha value is -4.63. The highest BCUT2D eigenvalue weighted by atomic mass is 14.9. The van der Waals surface area contributed by atoms with E-state index in [1.807, 2.05) is 24.3 Å². The first-order valence-corrected chi connectivity index (χ1v) is 11.4. The summed E-state index contributed by atoms with van der Waals surface area (Å²) in [5, 5.41) is 6.80. The molecule has 158 valence electrons. The van der Waals surface area contributed by atoms with Gasteiger partial charge in [0.05, 0.1) is 16.7 Å². The van der Waals surface area contributed by atoms with Crippen LogP contribution in [0, 0.1) is 0 Å². The van der Waals surface area contributed by atoms with Crippen LogP contribution in [0.5, 0.6) is 0 Å². The van der Waals surface area contributed by atoms with Gasteiger partial charge in [-0.25, -0.2) is 15.0 Å². The molecule has 0 saturated heterocycles. The van der Waals surface area contributed by atoms with Crippen LogP contribution in [0.1, 0.15) is 0 Å². The van der Waals surface area contributed by atoms with E-state index in [0.717, 1.165) is 44.1 Å². The number of nitrogens with zero attached hydrogens (tertiary/aromatic N) is 3. The first kappa shape index (κ1) is 18.9. The first-order chi connectivity index (χ1) is 16.8. The number of hydrogen-bond donors (Lipinski definition) is 0. The number of hydrogen-bond acceptors (Lipinski definition) is 3. The zero-order chi connectivity index (χ0) is 22.5. The predicted octanol–water partition coefficient (Wildman–Crippen LogP) is 7.82. The summed E-state index contributed by atoms with van der Waals surface area (Å²) in [5.74, 6) is 0.707. The summed E-state index contributed by atoms with van der Waals surface area (Å²) in [6.45, 7) is 0. The van der Waals surface area contributed by atoms with Crippen LogP contribution < -0.4 is 0 Å². The van der Waals surface area contributed by atoms with Gasteiger partial charge in [0.2, 0.25) is 0 Å². The molecule has 0 aliphatic rings. The van der Waals surface area contributed by atoms with E-state index in [1.165, 1.54) is 16.2 Å². The van der Waals surface area contributed by atoms with Crippen LogP contribution in [0.2, 0.25) is 0 Å². The van der Waals surface area contributed by atoms with Gasteiger partial charge in [-0.2, -0.15) is 0 Å². The maximum absolute atomic E-state index is 5.13. The van der Waals surface area contributed by atoms with Gasteiger partial charge in [-0.05, 0) is 34.4 Å². The number of aromatic nitrogens is 3. The summed E-state index contributed by atoms with van der Waals surface area (Å²) < 4.78 is 0. The summed E-state index contributed by atoms with van der Waals surface area (Å²) in [4.78, 5) is 15.2. The van der Waals surface area contributed by atoms with Crippen molar-refractivity contribution in [3.05, 3.63) is 115 Å². The van der Waals surface area contributed by atoms with Gasteiger partial charge in [0.1, 0.15) is 5.69 Å². The fourth-order valence-corrected chi connectivity index (χ4v) is 4.80. The van der Waals surface area contributed by atoms with E-state index in [1.54, 1.807) is 0 Å². The van der Waals surface area contributed by atoms with Crippen LogP contribution in [0.15, 0.2) is 115 Å². The fraction of sp³-hybridized carbons (Fsp3) is 0. The average Bonchev–Trinajstić information content (AvgIpc) is 2.92. The van der Waals surface area contributed by atoms with Crippen molar-refractivity contribution in [3.63, 3.8) is 0 Å². The minimum atomic E-state index is 0.707. The monoisotopic (exact) mass is 433 g/mol. The third-order valence-electron chi connectivity index (χ3n) is 6.44. The Morgan fingerprint density at radius 1 is 0.382 bits per heavy atom. The van der Waals surface area contributed by atoms with Gasteiger partial charge in [-0.15, -0.1) is 0 Å². The van der Waals surface area contributed by atoms with Gasteiger partial charge < -0.3 is 0 Å². The molecular weight excluding hydrogens is 414 g/mol. The van der Waals surface area contributed by atoms with Crippen molar-refractivity contribution in [2.75, 3.05) is 0 Å². The molecule has 3 heteroatoms. The molecule has 7 aromatic rings.